The van der Waals surface area contributed by atoms with E-state index in [0.29, 0.717) is 18.1 Å². The third-order valence-electron chi connectivity index (χ3n) is 4.58. The van der Waals surface area contributed by atoms with Crippen LogP contribution < -0.4 is 9.64 Å². The highest BCUT2D eigenvalue weighted by Gasteiger charge is 2.31. The molecule has 1 saturated heterocycles. The van der Waals surface area contributed by atoms with Crippen LogP contribution in [0.5, 0.6) is 5.88 Å². The summed E-state index contributed by atoms with van der Waals surface area (Å²) in [5, 5.41) is 0. The molecule has 0 aliphatic carbocycles. The molecule has 0 saturated carbocycles. The van der Waals surface area contributed by atoms with Gasteiger partial charge in [0.05, 0.1) is 18.8 Å². The average Bonchev–Trinajstić information content (AvgIpc) is 3.21. The first kappa shape index (κ1) is 15.1. The second-order valence-electron chi connectivity index (χ2n) is 6.35. The maximum absolute atomic E-state index is 12.9. The molecule has 2 aromatic rings. The Morgan fingerprint density at radius 1 is 1.29 bits per heavy atom. The van der Waals surface area contributed by atoms with E-state index in [1.165, 1.54) is 5.56 Å². The van der Waals surface area contributed by atoms with Gasteiger partial charge in [0, 0.05) is 30.4 Å². The lowest BCUT2D eigenvalue weighted by Crippen LogP contribution is -2.35. The van der Waals surface area contributed by atoms with Gasteiger partial charge in [-0.2, -0.15) is 0 Å². The monoisotopic (exact) mass is 324 g/mol. The summed E-state index contributed by atoms with van der Waals surface area (Å²) < 4.78 is 11.0. The van der Waals surface area contributed by atoms with Crippen molar-refractivity contribution in [3.8, 4) is 5.88 Å². The van der Waals surface area contributed by atoms with E-state index in [2.05, 4.69) is 18.0 Å². The van der Waals surface area contributed by atoms with E-state index in [9.17, 15) is 4.79 Å². The zero-order chi connectivity index (χ0) is 16.5. The Balaban J connectivity index is 1.52. The molecule has 0 N–H and O–H groups in total. The van der Waals surface area contributed by atoms with Gasteiger partial charge in [0.15, 0.2) is 0 Å². The summed E-state index contributed by atoms with van der Waals surface area (Å²) in [5.41, 5.74) is 2.79. The molecule has 3 heterocycles. The zero-order valence-electron chi connectivity index (χ0n) is 13.6. The van der Waals surface area contributed by atoms with E-state index < -0.39 is 0 Å². The van der Waals surface area contributed by atoms with Gasteiger partial charge in [0.25, 0.3) is 5.91 Å². The molecule has 2 atom stereocenters. The third-order valence-corrected chi connectivity index (χ3v) is 4.58. The zero-order valence-corrected chi connectivity index (χ0v) is 13.6. The molecule has 124 valence electrons. The predicted molar refractivity (Wildman–Crippen MR) is 90.5 cm³/mol. The summed E-state index contributed by atoms with van der Waals surface area (Å²) in [6.07, 6.45) is 3.42. The largest absolute Gasteiger partial charge is 0.472 e. The van der Waals surface area contributed by atoms with Crippen LogP contribution in [0, 0.1) is 0 Å². The topological polar surface area (TPSA) is 51.7 Å². The van der Waals surface area contributed by atoms with Gasteiger partial charge in [-0.15, -0.1) is 0 Å². The summed E-state index contributed by atoms with van der Waals surface area (Å²) >= 11 is 0. The standard InChI is InChI=1S/C19H20N2O3/c1-13-10-14-4-2-3-5-17(14)21(13)19(22)15-6-7-18(20-11-15)24-16-8-9-23-12-16/h2-7,11,13,16H,8-10,12H2,1H3. The van der Waals surface area contributed by atoms with Gasteiger partial charge in [-0.05, 0) is 31.0 Å². The molecular formula is C19H20N2O3. The Bertz CT molecular complexity index is 739. The van der Waals surface area contributed by atoms with Crippen molar-refractivity contribution >= 4 is 11.6 Å². The fraction of sp³-hybridized carbons (Fsp3) is 0.368. The van der Waals surface area contributed by atoms with Crippen LogP contribution in [0.4, 0.5) is 5.69 Å². The Hall–Kier alpha value is -2.40. The first-order valence-corrected chi connectivity index (χ1v) is 8.34. The van der Waals surface area contributed by atoms with Gasteiger partial charge >= 0.3 is 0 Å². The number of ether oxygens (including phenoxy) is 2. The third kappa shape index (κ3) is 2.76. The molecule has 1 amide bonds. The summed E-state index contributed by atoms with van der Waals surface area (Å²) in [6.45, 7) is 3.40. The van der Waals surface area contributed by atoms with Gasteiger partial charge < -0.3 is 14.4 Å². The van der Waals surface area contributed by atoms with E-state index in [1.807, 2.05) is 23.1 Å². The van der Waals surface area contributed by atoms with Crippen molar-refractivity contribution in [3.05, 3.63) is 53.7 Å². The summed E-state index contributed by atoms with van der Waals surface area (Å²) in [5.74, 6) is 0.521. The lowest BCUT2D eigenvalue weighted by molar-refractivity contribution is 0.0981. The molecular weight excluding hydrogens is 304 g/mol. The van der Waals surface area contributed by atoms with E-state index >= 15 is 0 Å². The summed E-state index contributed by atoms with van der Waals surface area (Å²) in [4.78, 5) is 19.1. The van der Waals surface area contributed by atoms with Crippen LogP contribution >= 0.6 is 0 Å². The number of rotatable bonds is 3. The van der Waals surface area contributed by atoms with Crippen molar-refractivity contribution in [2.75, 3.05) is 18.1 Å². The molecule has 4 rings (SSSR count). The quantitative estimate of drug-likeness (QED) is 0.871. The number of pyridine rings is 1. The Morgan fingerprint density at radius 2 is 2.17 bits per heavy atom. The number of amides is 1. The molecule has 0 bridgehead atoms. The lowest BCUT2D eigenvalue weighted by Gasteiger charge is -2.22. The van der Waals surface area contributed by atoms with Crippen molar-refractivity contribution < 1.29 is 14.3 Å². The number of benzene rings is 1. The average molecular weight is 324 g/mol. The highest BCUT2D eigenvalue weighted by Crippen LogP contribution is 2.33. The maximum Gasteiger partial charge on any atom is 0.260 e. The Labute approximate surface area is 141 Å². The van der Waals surface area contributed by atoms with Gasteiger partial charge in [0.2, 0.25) is 5.88 Å². The van der Waals surface area contributed by atoms with Crippen molar-refractivity contribution in [2.45, 2.75) is 31.9 Å². The SMILES string of the molecule is CC1Cc2ccccc2N1C(=O)c1ccc(OC2CCOC2)nc1. The molecule has 2 aliphatic rings. The minimum atomic E-state index is -0.0179. The van der Waals surface area contributed by atoms with Crippen LogP contribution in [0.15, 0.2) is 42.6 Å². The molecule has 2 aliphatic heterocycles. The van der Waals surface area contributed by atoms with Crippen molar-refractivity contribution in [3.63, 3.8) is 0 Å². The van der Waals surface area contributed by atoms with Crippen LogP contribution in [-0.2, 0) is 11.2 Å². The molecule has 0 spiro atoms. The van der Waals surface area contributed by atoms with Crippen molar-refractivity contribution in [2.24, 2.45) is 0 Å². The first-order chi connectivity index (χ1) is 11.7. The van der Waals surface area contributed by atoms with Crippen LogP contribution in [0.3, 0.4) is 0 Å². The Kier molecular flexibility index (Phi) is 3.94. The highest BCUT2D eigenvalue weighted by atomic mass is 16.5. The van der Waals surface area contributed by atoms with Gasteiger partial charge in [0.1, 0.15) is 6.10 Å². The highest BCUT2D eigenvalue weighted by molar-refractivity contribution is 6.07. The molecule has 0 radical (unpaired) electrons. The van der Waals surface area contributed by atoms with E-state index in [1.54, 1.807) is 18.3 Å². The van der Waals surface area contributed by atoms with Crippen LogP contribution in [0.25, 0.3) is 0 Å². The molecule has 1 aromatic carbocycles. The fourth-order valence-corrected chi connectivity index (χ4v) is 3.37. The van der Waals surface area contributed by atoms with Crippen molar-refractivity contribution in [1.29, 1.82) is 0 Å². The predicted octanol–water partition coefficient (Wildman–Crippen LogP) is 2.84. The van der Waals surface area contributed by atoms with Crippen LogP contribution in [-0.4, -0.2) is 36.3 Å². The minimum Gasteiger partial charge on any atom is -0.472 e. The number of fused-ring (bicyclic) bond motifs is 1. The number of anilines is 1. The molecule has 1 fully saturated rings. The number of hydrogen-bond acceptors (Lipinski definition) is 4. The smallest absolute Gasteiger partial charge is 0.260 e. The molecule has 5 heteroatoms. The first-order valence-electron chi connectivity index (χ1n) is 8.34. The number of nitrogens with zero attached hydrogens (tertiary/aromatic N) is 2. The number of carbonyl (C=O) groups is 1. The van der Waals surface area contributed by atoms with Crippen LogP contribution in [0.1, 0.15) is 29.3 Å². The summed E-state index contributed by atoms with van der Waals surface area (Å²) in [6, 6.07) is 11.8. The fourth-order valence-electron chi connectivity index (χ4n) is 3.37. The second-order valence-corrected chi connectivity index (χ2v) is 6.35. The molecule has 5 nitrogen and oxygen atoms in total. The number of aromatic nitrogens is 1. The van der Waals surface area contributed by atoms with Crippen LogP contribution in [0.2, 0.25) is 0 Å². The van der Waals surface area contributed by atoms with E-state index in [4.69, 9.17) is 9.47 Å². The second kappa shape index (κ2) is 6.24. The maximum atomic E-state index is 12.9. The van der Waals surface area contributed by atoms with Crippen molar-refractivity contribution in [1.82, 2.24) is 4.98 Å². The number of carbonyl (C=O) groups excluding carboxylic acids is 1. The molecule has 1 aromatic heterocycles. The molecule has 24 heavy (non-hydrogen) atoms. The van der Waals surface area contributed by atoms with E-state index in [0.717, 1.165) is 25.1 Å². The summed E-state index contributed by atoms with van der Waals surface area (Å²) in [7, 11) is 0. The minimum absolute atomic E-state index is 0.0179. The number of hydrogen-bond donors (Lipinski definition) is 0. The van der Waals surface area contributed by atoms with Gasteiger partial charge in [-0.3, -0.25) is 4.79 Å². The van der Waals surface area contributed by atoms with E-state index in [-0.39, 0.29) is 18.1 Å². The lowest BCUT2D eigenvalue weighted by atomic mass is 10.1. The normalized spacial score (nSPS) is 22.5. The molecule has 2 unspecified atom stereocenters. The number of para-hydroxylation sites is 1. The van der Waals surface area contributed by atoms with Gasteiger partial charge in [-0.25, -0.2) is 4.98 Å². The Morgan fingerprint density at radius 3 is 2.92 bits per heavy atom. The van der Waals surface area contributed by atoms with Gasteiger partial charge in [-0.1, -0.05) is 18.2 Å².